The van der Waals surface area contributed by atoms with Gasteiger partial charge in [-0.15, -0.1) is 0 Å². The van der Waals surface area contributed by atoms with Crippen LogP contribution in [0.2, 0.25) is 0 Å². The summed E-state index contributed by atoms with van der Waals surface area (Å²) in [7, 11) is 0. The van der Waals surface area contributed by atoms with Gasteiger partial charge in [0.2, 0.25) is 11.8 Å². The number of carbonyl (C=O) groups excluding carboxylic acids is 2. The number of benzene rings is 2. The fourth-order valence-electron chi connectivity index (χ4n) is 3.06. The Morgan fingerprint density at radius 2 is 1.38 bits per heavy atom. The van der Waals surface area contributed by atoms with Crippen molar-refractivity contribution in [1.82, 2.24) is 10.6 Å². The lowest BCUT2D eigenvalue weighted by Gasteiger charge is -2.26. The molecular weight excluding hydrogens is 372 g/mol. The highest BCUT2D eigenvalue weighted by Gasteiger charge is 2.28. The lowest BCUT2D eigenvalue weighted by Crippen LogP contribution is -2.54. The van der Waals surface area contributed by atoms with E-state index in [0.29, 0.717) is 0 Å². The Labute approximate surface area is 169 Å². The van der Waals surface area contributed by atoms with E-state index in [1.807, 2.05) is 60.7 Å². The van der Waals surface area contributed by atoms with Crippen LogP contribution in [0.4, 0.5) is 0 Å². The minimum atomic E-state index is -1.27. The minimum Gasteiger partial charge on any atom is -0.481 e. The third-order valence-corrected chi connectivity index (χ3v) is 4.45. The van der Waals surface area contributed by atoms with Gasteiger partial charge in [-0.3, -0.25) is 14.4 Å². The van der Waals surface area contributed by atoms with Gasteiger partial charge in [-0.05, 0) is 17.5 Å². The van der Waals surface area contributed by atoms with Gasteiger partial charge in [-0.2, -0.15) is 0 Å². The highest BCUT2D eigenvalue weighted by Crippen LogP contribution is 2.11. The van der Waals surface area contributed by atoms with Gasteiger partial charge >= 0.3 is 5.97 Å². The predicted octanol–water partition coefficient (Wildman–Crippen LogP) is 1.30. The van der Waals surface area contributed by atoms with Gasteiger partial charge in [0, 0.05) is 13.3 Å². The SMILES string of the molecule is CC(=O)N[C@@H](Cc1ccccc1)C(=O)N[C@@H](Cc1ccccc1)[C@@H](O)CC(=O)O. The van der Waals surface area contributed by atoms with Crippen molar-refractivity contribution in [1.29, 1.82) is 0 Å². The summed E-state index contributed by atoms with van der Waals surface area (Å²) < 4.78 is 0. The monoisotopic (exact) mass is 398 g/mol. The van der Waals surface area contributed by atoms with Crippen LogP contribution in [0, 0.1) is 0 Å². The molecule has 0 aliphatic rings. The van der Waals surface area contributed by atoms with E-state index >= 15 is 0 Å². The zero-order chi connectivity index (χ0) is 21.2. The molecule has 0 fully saturated rings. The van der Waals surface area contributed by atoms with Gasteiger partial charge in [0.25, 0.3) is 0 Å². The Hall–Kier alpha value is -3.19. The summed E-state index contributed by atoms with van der Waals surface area (Å²) in [6, 6.07) is 16.8. The summed E-state index contributed by atoms with van der Waals surface area (Å²) in [6.07, 6.45) is -1.23. The van der Waals surface area contributed by atoms with E-state index in [4.69, 9.17) is 5.11 Å². The number of carbonyl (C=O) groups is 3. The summed E-state index contributed by atoms with van der Waals surface area (Å²) in [5.74, 6) is -1.99. The van der Waals surface area contributed by atoms with E-state index in [1.165, 1.54) is 6.92 Å². The molecule has 29 heavy (non-hydrogen) atoms. The number of hydrogen-bond donors (Lipinski definition) is 4. The summed E-state index contributed by atoms with van der Waals surface area (Å²) in [4.78, 5) is 35.5. The molecule has 2 amide bonds. The number of rotatable bonds is 10. The van der Waals surface area contributed by atoms with Gasteiger partial charge in [0.05, 0.1) is 18.6 Å². The third-order valence-electron chi connectivity index (χ3n) is 4.45. The number of hydrogen-bond acceptors (Lipinski definition) is 4. The highest BCUT2D eigenvalue weighted by atomic mass is 16.4. The largest absolute Gasteiger partial charge is 0.481 e. The van der Waals surface area contributed by atoms with Crippen molar-refractivity contribution in [3.8, 4) is 0 Å². The second-order valence-electron chi connectivity index (χ2n) is 6.91. The van der Waals surface area contributed by atoms with Crippen molar-refractivity contribution in [3.05, 3.63) is 71.8 Å². The molecule has 0 spiro atoms. The first kappa shape index (κ1) is 22.1. The quantitative estimate of drug-likeness (QED) is 0.481. The molecular formula is C22H26N2O5. The van der Waals surface area contributed by atoms with Gasteiger partial charge in [0.1, 0.15) is 6.04 Å². The molecule has 3 atom stereocenters. The van der Waals surface area contributed by atoms with Crippen LogP contribution in [0.1, 0.15) is 24.5 Å². The third kappa shape index (κ3) is 7.75. The minimum absolute atomic E-state index is 0.263. The molecule has 0 aliphatic heterocycles. The molecule has 0 saturated carbocycles. The predicted molar refractivity (Wildman–Crippen MR) is 108 cm³/mol. The fraction of sp³-hybridized carbons (Fsp3) is 0.318. The number of carboxylic acids is 1. The molecule has 0 aliphatic carbocycles. The van der Waals surface area contributed by atoms with Crippen molar-refractivity contribution in [2.75, 3.05) is 0 Å². The van der Waals surface area contributed by atoms with Crippen molar-refractivity contribution >= 4 is 17.8 Å². The van der Waals surface area contributed by atoms with E-state index in [2.05, 4.69) is 10.6 Å². The van der Waals surface area contributed by atoms with Crippen LogP contribution in [0.15, 0.2) is 60.7 Å². The Morgan fingerprint density at radius 3 is 1.86 bits per heavy atom. The Bertz CT molecular complexity index is 810. The first-order valence-electron chi connectivity index (χ1n) is 9.40. The van der Waals surface area contributed by atoms with Crippen molar-refractivity contribution in [3.63, 3.8) is 0 Å². The van der Waals surface area contributed by atoms with Gasteiger partial charge in [-0.1, -0.05) is 60.7 Å². The second-order valence-corrected chi connectivity index (χ2v) is 6.91. The smallest absolute Gasteiger partial charge is 0.306 e. The van der Waals surface area contributed by atoms with Crippen molar-refractivity contribution in [2.24, 2.45) is 0 Å². The molecule has 2 rings (SSSR count). The van der Waals surface area contributed by atoms with Crippen LogP contribution in [-0.4, -0.2) is 46.2 Å². The normalized spacial score (nSPS) is 13.7. The average Bonchev–Trinajstić information content (AvgIpc) is 2.67. The molecule has 0 unspecified atom stereocenters. The Balaban J connectivity index is 2.16. The lowest BCUT2D eigenvalue weighted by molar-refractivity contribution is -0.140. The maximum Gasteiger partial charge on any atom is 0.306 e. The van der Waals surface area contributed by atoms with Crippen molar-refractivity contribution in [2.45, 2.75) is 44.4 Å². The molecule has 4 N–H and O–H groups in total. The number of aliphatic hydroxyl groups excluding tert-OH is 1. The topological polar surface area (TPSA) is 116 Å². The number of carboxylic acid groups (broad SMARTS) is 1. The van der Waals surface area contributed by atoms with Crippen LogP contribution < -0.4 is 10.6 Å². The fourth-order valence-corrected chi connectivity index (χ4v) is 3.06. The maximum absolute atomic E-state index is 12.9. The van der Waals surface area contributed by atoms with Crippen LogP contribution in [-0.2, 0) is 27.2 Å². The molecule has 2 aromatic carbocycles. The highest BCUT2D eigenvalue weighted by molar-refractivity contribution is 5.87. The molecule has 0 radical (unpaired) electrons. The van der Waals surface area contributed by atoms with Crippen LogP contribution in [0.3, 0.4) is 0 Å². The molecule has 154 valence electrons. The van der Waals surface area contributed by atoms with Crippen LogP contribution in [0.5, 0.6) is 0 Å². The Morgan fingerprint density at radius 1 is 0.862 bits per heavy atom. The zero-order valence-electron chi connectivity index (χ0n) is 16.2. The summed E-state index contributed by atoms with van der Waals surface area (Å²) in [5.41, 5.74) is 1.72. The van der Waals surface area contributed by atoms with E-state index in [-0.39, 0.29) is 18.7 Å². The average molecular weight is 398 g/mol. The molecule has 0 heterocycles. The van der Waals surface area contributed by atoms with Crippen molar-refractivity contribution < 1.29 is 24.6 Å². The van der Waals surface area contributed by atoms with E-state index in [0.717, 1.165) is 11.1 Å². The molecule has 0 bridgehead atoms. The molecule has 7 heteroatoms. The molecule has 0 saturated heterocycles. The summed E-state index contributed by atoms with van der Waals surface area (Å²) in [6.45, 7) is 1.33. The molecule has 2 aromatic rings. The number of nitrogens with one attached hydrogen (secondary N) is 2. The molecule has 7 nitrogen and oxygen atoms in total. The first-order chi connectivity index (χ1) is 13.8. The standard InChI is InChI=1S/C22H26N2O5/c1-15(25)23-19(13-17-10-6-3-7-11-17)22(29)24-18(20(26)14-21(27)28)12-16-8-4-2-5-9-16/h2-11,18-20,26H,12-14H2,1H3,(H,23,25)(H,24,29)(H,27,28)/t18-,19-,20-/m0/s1. The number of amides is 2. The summed E-state index contributed by atoms with van der Waals surface area (Å²) in [5, 5.41) is 24.7. The molecule has 0 aromatic heterocycles. The second kappa shape index (κ2) is 11.0. The van der Waals surface area contributed by atoms with Gasteiger partial charge in [-0.25, -0.2) is 0 Å². The van der Waals surface area contributed by atoms with Gasteiger partial charge < -0.3 is 20.8 Å². The summed E-state index contributed by atoms with van der Waals surface area (Å²) >= 11 is 0. The van der Waals surface area contributed by atoms with E-state index in [1.54, 1.807) is 0 Å². The number of aliphatic hydroxyl groups is 1. The Kier molecular flexibility index (Phi) is 8.36. The first-order valence-corrected chi connectivity index (χ1v) is 9.40. The number of aliphatic carboxylic acids is 1. The van der Waals surface area contributed by atoms with E-state index < -0.39 is 36.5 Å². The zero-order valence-corrected chi connectivity index (χ0v) is 16.2. The van der Waals surface area contributed by atoms with Crippen LogP contribution in [0.25, 0.3) is 0 Å². The lowest BCUT2D eigenvalue weighted by atomic mass is 9.98. The van der Waals surface area contributed by atoms with Gasteiger partial charge in [0.15, 0.2) is 0 Å². The van der Waals surface area contributed by atoms with E-state index in [9.17, 15) is 19.5 Å². The maximum atomic E-state index is 12.9. The van der Waals surface area contributed by atoms with Crippen LogP contribution >= 0.6 is 0 Å².